The van der Waals surface area contributed by atoms with E-state index in [4.69, 9.17) is 0 Å². The molecule has 4 aliphatic rings. The van der Waals surface area contributed by atoms with Gasteiger partial charge in [-0.3, -0.25) is 19.6 Å². The molecule has 1 amide bonds. The highest BCUT2D eigenvalue weighted by molar-refractivity contribution is 6.05. The lowest BCUT2D eigenvalue weighted by atomic mass is 9.53. The Labute approximate surface area is 165 Å². The Bertz CT molecular complexity index is 984. The summed E-state index contributed by atoms with van der Waals surface area (Å²) in [5.41, 5.74) is -1.47. The van der Waals surface area contributed by atoms with Crippen molar-refractivity contribution in [3.05, 3.63) is 51.8 Å². The molecular weight excluding hydrogens is 382 g/mol. The number of aromatic nitrogens is 2. The van der Waals surface area contributed by atoms with Crippen LogP contribution in [0.25, 0.3) is 0 Å². The molecule has 4 fully saturated rings. The molecule has 9 heteroatoms. The lowest BCUT2D eigenvalue weighted by Gasteiger charge is -2.56. The minimum atomic E-state index is -0.926. The van der Waals surface area contributed by atoms with Crippen LogP contribution in [0.3, 0.4) is 0 Å². The average Bonchev–Trinajstić information content (AvgIpc) is 3.10. The number of benzene rings is 1. The normalized spacial score (nSPS) is 29.8. The molecule has 0 saturated heterocycles. The van der Waals surface area contributed by atoms with Crippen molar-refractivity contribution in [1.29, 1.82) is 0 Å². The average molecular weight is 402 g/mol. The summed E-state index contributed by atoms with van der Waals surface area (Å²) in [6.07, 6.45) is 7.69. The van der Waals surface area contributed by atoms with Gasteiger partial charge in [-0.25, -0.2) is 8.78 Å². The van der Waals surface area contributed by atoms with Crippen LogP contribution in [0.2, 0.25) is 0 Å². The molecule has 0 aliphatic heterocycles. The quantitative estimate of drug-likeness (QED) is 0.612. The van der Waals surface area contributed by atoms with Gasteiger partial charge in [0, 0.05) is 6.07 Å². The van der Waals surface area contributed by atoms with Crippen molar-refractivity contribution in [2.45, 2.75) is 44.1 Å². The molecule has 4 saturated carbocycles. The molecule has 1 aromatic carbocycles. The van der Waals surface area contributed by atoms with E-state index in [-0.39, 0.29) is 16.9 Å². The van der Waals surface area contributed by atoms with Crippen LogP contribution < -0.4 is 5.32 Å². The Balaban J connectivity index is 1.49. The van der Waals surface area contributed by atoms with Crippen molar-refractivity contribution in [3.63, 3.8) is 0 Å². The van der Waals surface area contributed by atoms with Gasteiger partial charge in [-0.2, -0.15) is 5.10 Å². The topological polar surface area (TPSA) is 90.1 Å². The molecule has 4 bridgehead atoms. The fourth-order valence-corrected chi connectivity index (χ4v) is 6.02. The zero-order chi connectivity index (χ0) is 20.3. The first-order chi connectivity index (χ1) is 13.8. The van der Waals surface area contributed by atoms with Crippen LogP contribution in [0.5, 0.6) is 0 Å². The third kappa shape index (κ3) is 2.99. The number of hydrogen-bond acceptors (Lipinski definition) is 4. The highest BCUT2D eigenvalue weighted by Crippen LogP contribution is 2.58. The first kappa shape index (κ1) is 18.2. The van der Waals surface area contributed by atoms with Crippen LogP contribution in [-0.2, 0) is 5.54 Å². The zero-order valence-corrected chi connectivity index (χ0v) is 15.6. The third-order valence-corrected chi connectivity index (χ3v) is 6.78. The molecule has 1 aromatic heterocycles. The molecule has 152 valence electrons. The molecule has 0 atom stereocenters. The summed E-state index contributed by atoms with van der Waals surface area (Å²) in [5, 5.41) is 18.1. The van der Waals surface area contributed by atoms with Crippen molar-refractivity contribution in [3.8, 4) is 0 Å². The Hall–Kier alpha value is -2.84. The van der Waals surface area contributed by atoms with Crippen molar-refractivity contribution in [2.24, 2.45) is 17.8 Å². The summed E-state index contributed by atoms with van der Waals surface area (Å²) in [7, 11) is 0. The minimum absolute atomic E-state index is 0.290. The van der Waals surface area contributed by atoms with Crippen LogP contribution in [-0.4, -0.2) is 20.6 Å². The second-order valence-corrected chi connectivity index (χ2v) is 8.78. The van der Waals surface area contributed by atoms with Gasteiger partial charge in [-0.1, -0.05) is 0 Å². The second kappa shape index (κ2) is 6.33. The van der Waals surface area contributed by atoms with Crippen LogP contribution in [0.4, 0.5) is 20.2 Å². The molecule has 0 radical (unpaired) electrons. The van der Waals surface area contributed by atoms with Crippen molar-refractivity contribution < 1.29 is 18.5 Å². The van der Waals surface area contributed by atoms with Crippen molar-refractivity contribution in [2.75, 3.05) is 5.32 Å². The lowest BCUT2D eigenvalue weighted by molar-refractivity contribution is -0.385. The number of nitrogens with zero attached hydrogens (tertiary/aromatic N) is 3. The van der Waals surface area contributed by atoms with Crippen LogP contribution in [0.15, 0.2) is 24.4 Å². The highest BCUT2D eigenvalue weighted by Gasteiger charge is 2.53. The number of nitrogens with one attached hydrogen (secondary N) is 1. The van der Waals surface area contributed by atoms with Crippen molar-refractivity contribution in [1.82, 2.24) is 9.78 Å². The van der Waals surface area contributed by atoms with Gasteiger partial charge < -0.3 is 5.32 Å². The van der Waals surface area contributed by atoms with Gasteiger partial charge in [0.1, 0.15) is 17.8 Å². The molecule has 0 unspecified atom stereocenters. The number of anilines is 1. The molecule has 1 N–H and O–H groups in total. The van der Waals surface area contributed by atoms with E-state index < -0.39 is 28.2 Å². The van der Waals surface area contributed by atoms with E-state index in [2.05, 4.69) is 10.4 Å². The Kier molecular flexibility index (Phi) is 3.97. The number of amides is 1. The first-order valence-corrected chi connectivity index (χ1v) is 9.84. The number of halogens is 2. The molecule has 7 nitrogen and oxygen atoms in total. The molecular formula is C20H20F2N4O3. The fraction of sp³-hybridized carbons (Fsp3) is 0.500. The van der Waals surface area contributed by atoms with E-state index in [0.717, 1.165) is 37.5 Å². The lowest BCUT2D eigenvalue weighted by Crippen LogP contribution is -2.52. The first-order valence-electron chi connectivity index (χ1n) is 9.84. The number of carbonyl (C=O) groups is 1. The zero-order valence-electron chi connectivity index (χ0n) is 15.6. The minimum Gasteiger partial charge on any atom is -0.318 e. The van der Waals surface area contributed by atoms with E-state index in [1.807, 2.05) is 0 Å². The number of carbonyl (C=O) groups excluding carboxylic acids is 1. The standard InChI is InChI=1S/C20H20F2N4O3/c21-14-1-2-15(22)16(6-14)23-19(27)18-17(26(28)29)10-25(24-18)20-7-11-3-12(8-20)5-13(4-11)9-20/h1-2,6,10-13H,3-5,7-9H2,(H,23,27). The van der Waals surface area contributed by atoms with E-state index in [1.165, 1.54) is 25.5 Å². The largest absolute Gasteiger partial charge is 0.320 e. The van der Waals surface area contributed by atoms with Gasteiger partial charge >= 0.3 is 5.69 Å². The fourth-order valence-electron chi connectivity index (χ4n) is 6.02. The van der Waals surface area contributed by atoms with E-state index in [1.54, 1.807) is 4.68 Å². The summed E-state index contributed by atoms with van der Waals surface area (Å²) in [6, 6.07) is 2.64. The van der Waals surface area contributed by atoms with E-state index in [9.17, 15) is 23.7 Å². The van der Waals surface area contributed by atoms with Gasteiger partial charge in [0.15, 0.2) is 0 Å². The number of rotatable bonds is 4. The van der Waals surface area contributed by atoms with Crippen LogP contribution >= 0.6 is 0 Å². The predicted molar refractivity (Wildman–Crippen MR) is 99.3 cm³/mol. The second-order valence-electron chi connectivity index (χ2n) is 8.78. The molecule has 29 heavy (non-hydrogen) atoms. The summed E-state index contributed by atoms with van der Waals surface area (Å²) in [5.74, 6) is -0.683. The van der Waals surface area contributed by atoms with Gasteiger partial charge in [0.25, 0.3) is 5.91 Å². The molecule has 4 aliphatic carbocycles. The SMILES string of the molecule is O=C(Nc1cc(F)ccc1F)c1nn(C23CC4CC(CC(C4)C2)C3)cc1[N+](=O)[O-]. The molecule has 6 rings (SSSR count). The maximum absolute atomic E-state index is 13.9. The summed E-state index contributed by atoms with van der Waals surface area (Å²) < 4.78 is 28.9. The Morgan fingerprint density at radius 3 is 2.38 bits per heavy atom. The van der Waals surface area contributed by atoms with E-state index in [0.29, 0.717) is 17.8 Å². The van der Waals surface area contributed by atoms with Gasteiger partial charge in [-0.05, 0) is 68.4 Å². The maximum atomic E-state index is 13.9. The van der Waals surface area contributed by atoms with E-state index >= 15 is 0 Å². The van der Waals surface area contributed by atoms with Gasteiger partial charge in [0.2, 0.25) is 5.69 Å². The Morgan fingerprint density at radius 2 is 1.79 bits per heavy atom. The predicted octanol–water partition coefficient (Wildman–Crippen LogP) is 4.25. The highest BCUT2D eigenvalue weighted by atomic mass is 19.1. The van der Waals surface area contributed by atoms with Gasteiger partial charge in [0.05, 0.1) is 16.1 Å². The monoisotopic (exact) mass is 402 g/mol. The molecule has 1 heterocycles. The third-order valence-electron chi connectivity index (χ3n) is 6.78. The summed E-state index contributed by atoms with van der Waals surface area (Å²) in [6.45, 7) is 0. The summed E-state index contributed by atoms with van der Waals surface area (Å²) >= 11 is 0. The maximum Gasteiger partial charge on any atom is 0.320 e. The van der Waals surface area contributed by atoms with Gasteiger partial charge in [-0.15, -0.1) is 0 Å². The summed E-state index contributed by atoms with van der Waals surface area (Å²) in [4.78, 5) is 23.6. The smallest absolute Gasteiger partial charge is 0.318 e. The molecule has 0 spiro atoms. The Morgan fingerprint density at radius 1 is 1.17 bits per heavy atom. The molecule has 2 aromatic rings. The van der Waals surface area contributed by atoms with Crippen LogP contribution in [0.1, 0.15) is 49.0 Å². The van der Waals surface area contributed by atoms with Crippen LogP contribution in [0, 0.1) is 39.5 Å². The van der Waals surface area contributed by atoms with Crippen molar-refractivity contribution >= 4 is 17.3 Å². The number of hydrogen-bond donors (Lipinski definition) is 1. The number of nitro groups is 1.